The predicted molar refractivity (Wildman–Crippen MR) is 148 cm³/mol. The number of aromatic carboxylic acids is 1. The Morgan fingerprint density at radius 1 is 1.19 bits per heavy atom. The van der Waals surface area contributed by atoms with Gasteiger partial charge < -0.3 is 15.3 Å². The molecular formula is C30H34Cl2N2O2. The predicted octanol–water partition coefficient (Wildman–Crippen LogP) is 6.81. The first-order valence-corrected chi connectivity index (χ1v) is 13.5. The summed E-state index contributed by atoms with van der Waals surface area (Å²) < 4.78 is 0. The Kier molecular flexibility index (Phi) is 6.74. The minimum absolute atomic E-state index is 0.00712. The van der Waals surface area contributed by atoms with Crippen LogP contribution in [0.4, 0.5) is 5.69 Å². The fourth-order valence-corrected chi connectivity index (χ4v) is 6.95. The summed E-state index contributed by atoms with van der Waals surface area (Å²) in [6, 6.07) is 13.8. The molecule has 2 N–H and O–H groups in total. The average Bonchev–Trinajstić information content (AvgIpc) is 3.31. The Morgan fingerprint density at radius 2 is 1.94 bits per heavy atom. The second kappa shape index (κ2) is 9.55. The molecule has 5 rings (SSSR count). The maximum absolute atomic E-state index is 11.3. The van der Waals surface area contributed by atoms with E-state index in [-0.39, 0.29) is 28.2 Å². The summed E-state index contributed by atoms with van der Waals surface area (Å²) in [5.41, 5.74) is 5.18. The van der Waals surface area contributed by atoms with Gasteiger partial charge in [-0.05, 0) is 65.3 Å². The Balaban J connectivity index is 1.60. The molecule has 2 aliphatic heterocycles. The number of carbonyl (C=O) groups is 1. The van der Waals surface area contributed by atoms with Crippen LogP contribution in [0, 0.1) is 11.3 Å². The highest BCUT2D eigenvalue weighted by molar-refractivity contribution is 6.30. The molecule has 4 atom stereocenters. The highest BCUT2D eigenvalue weighted by Gasteiger charge is 2.58. The Bertz CT molecular complexity index is 1210. The number of benzene rings is 2. The molecule has 36 heavy (non-hydrogen) atoms. The number of allylic oxidation sites excluding steroid dienone is 3. The third kappa shape index (κ3) is 4.60. The van der Waals surface area contributed by atoms with Gasteiger partial charge in [0.05, 0.1) is 10.9 Å². The lowest BCUT2D eigenvalue weighted by Crippen LogP contribution is -2.49. The van der Waals surface area contributed by atoms with Crippen molar-refractivity contribution in [1.29, 1.82) is 0 Å². The van der Waals surface area contributed by atoms with Gasteiger partial charge in [-0.2, -0.15) is 0 Å². The molecular weight excluding hydrogens is 491 g/mol. The Hall–Kier alpha value is -2.27. The van der Waals surface area contributed by atoms with Gasteiger partial charge in [-0.25, -0.2) is 4.79 Å². The topological polar surface area (TPSA) is 52.6 Å². The number of carboxylic acids is 1. The van der Waals surface area contributed by atoms with E-state index in [9.17, 15) is 9.90 Å². The van der Waals surface area contributed by atoms with E-state index in [2.05, 4.69) is 61.3 Å². The van der Waals surface area contributed by atoms with Gasteiger partial charge in [-0.15, -0.1) is 11.6 Å². The van der Waals surface area contributed by atoms with Crippen molar-refractivity contribution in [3.63, 3.8) is 0 Å². The fourth-order valence-electron chi connectivity index (χ4n) is 6.45. The van der Waals surface area contributed by atoms with Crippen molar-refractivity contribution >= 4 is 34.9 Å². The van der Waals surface area contributed by atoms with Crippen molar-refractivity contribution < 1.29 is 9.90 Å². The van der Waals surface area contributed by atoms with Crippen molar-refractivity contribution in [1.82, 2.24) is 5.32 Å². The third-order valence-corrected chi connectivity index (χ3v) is 8.65. The summed E-state index contributed by atoms with van der Waals surface area (Å²) >= 11 is 13.6. The van der Waals surface area contributed by atoms with Crippen LogP contribution in [0.15, 0.2) is 66.3 Å². The van der Waals surface area contributed by atoms with Crippen LogP contribution in [0.5, 0.6) is 0 Å². The van der Waals surface area contributed by atoms with Gasteiger partial charge in [0.15, 0.2) is 0 Å². The molecule has 0 saturated carbocycles. The van der Waals surface area contributed by atoms with Crippen molar-refractivity contribution in [3.8, 4) is 0 Å². The first-order chi connectivity index (χ1) is 17.1. The number of rotatable bonds is 5. The molecule has 2 aromatic carbocycles. The second-order valence-electron chi connectivity index (χ2n) is 11.6. The summed E-state index contributed by atoms with van der Waals surface area (Å²) in [6.45, 7) is 9.35. The van der Waals surface area contributed by atoms with Crippen LogP contribution in [-0.2, 0) is 12.0 Å². The lowest BCUT2D eigenvalue weighted by atomic mass is 9.63. The van der Waals surface area contributed by atoms with E-state index in [1.165, 1.54) is 16.8 Å². The number of alkyl halides is 1. The highest BCUT2D eigenvalue weighted by atomic mass is 35.5. The zero-order valence-electron chi connectivity index (χ0n) is 21.1. The maximum atomic E-state index is 11.3. The summed E-state index contributed by atoms with van der Waals surface area (Å²) in [4.78, 5) is 13.8. The number of fused-ring (bicyclic) bond motifs is 2. The van der Waals surface area contributed by atoms with E-state index in [0.29, 0.717) is 12.1 Å². The van der Waals surface area contributed by atoms with Crippen molar-refractivity contribution in [2.45, 2.75) is 57.0 Å². The van der Waals surface area contributed by atoms with Crippen molar-refractivity contribution in [3.05, 3.63) is 88.0 Å². The van der Waals surface area contributed by atoms with Crippen LogP contribution in [0.25, 0.3) is 0 Å². The lowest BCUT2D eigenvalue weighted by Gasteiger charge is -2.41. The van der Waals surface area contributed by atoms with Crippen LogP contribution >= 0.6 is 23.2 Å². The molecule has 2 unspecified atom stereocenters. The smallest absolute Gasteiger partial charge is 0.335 e. The van der Waals surface area contributed by atoms with Crippen LogP contribution in [0.1, 0.15) is 55.1 Å². The summed E-state index contributed by atoms with van der Waals surface area (Å²) in [7, 11) is 0. The van der Waals surface area contributed by atoms with Gasteiger partial charge in [0, 0.05) is 47.7 Å². The zero-order valence-corrected chi connectivity index (χ0v) is 22.6. The third-order valence-electron chi connectivity index (χ3n) is 7.99. The van der Waals surface area contributed by atoms with E-state index >= 15 is 0 Å². The Labute approximate surface area is 224 Å². The number of nitrogens with zero attached hydrogens (tertiary/aromatic N) is 1. The van der Waals surface area contributed by atoms with E-state index in [1.54, 1.807) is 12.1 Å². The molecule has 3 aliphatic rings. The molecule has 2 aromatic rings. The van der Waals surface area contributed by atoms with Crippen LogP contribution in [0.3, 0.4) is 0 Å². The van der Waals surface area contributed by atoms with Crippen molar-refractivity contribution in [2.75, 3.05) is 18.0 Å². The molecule has 2 heterocycles. The van der Waals surface area contributed by atoms with Crippen LogP contribution in [0.2, 0.25) is 5.02 Å². The maximum Gasteiger partial charge on any atom is 0.335 e. The minimum Gasteiger partial charge on any atom is -0.478 e. The molecule has 0 radical (unpaired) electrons. The molecule has 6 heteroatoms. The van der Waals surface area contributed by atoms with Gasteiger partial charge in [-0.1, -0.05) is 62.7 Å². The van der Waals surface area contributed by atoms with Gasteiger partial charge >= 0.3 is 5.97 Å². The monoisotopic (exact) mass is 524 g/mol. The number of anilines is 1. The van der Waals surface area contributed by atoms with E-state index < -0.39 is 5.97 Å². The average molecular weight is 526 g/mol. The number of carboxylic acid groups (broad SMARTS) is 1. The van der Waals surface area contributed by atoms with E-state index in [1.807, 2.05) is 18.2 Å². The molecule has 1 spiro atoms. The highest BCUT2D eigenvalue weighted by Crippen LogP contribution is 2.55. The SMILES string of the molecule is CC(C)(C)CC1NC[C@H](C2=CC=CCC2Cl)[C@]12CN(Cc1ccc(C(=O)O)cc1)c1ccc(Cl)cc12. The van der Waals surface area contributed by atoms with Gasteiger partial charge in [0.25, 0.3) is 0 Å². The Morgan fingerprint density at radius 3 is 2.61 bits per heavy atom. The molecule has 1 fully saturated rings. The summed E-state index contributed by atoms with van der Waals surface area (Å²) in [5.74, 6) is -0.647. The number of hydrogen-bond donors (Lipinski definition) is 2. The minimum atomic E-state index is -0.906. The van der Waals surface area contributed by atoms with Gasteiger partial charge in [0.1, 0.15) is 0 Å². The van der Waals surface area contributed by atoms with E-state index in [0.717, 1.165) is 36.5 Å². The lowest BCUT2D eigenvalue weighted by molar-refractivity contribution is 0.0697. The van der Waals surface area contributed by atoms with Gasteiger partial charge in [-0.3, -0.25) is 0 Å². The van der Waals surface area contributed by atoms with Crippen LogP contribution in [-0.4, -0.2) is 35.6 Å². The largest absolute Gasteiger partial charge is 0.478 e. The first-order valence-electron chi connectivity index (χ1n) is 12.7. The summed E-state index contributed by atoms with van der Waals surface area (Å²) in [5, 5.41) is 14.0. The zero-order chi connectivity index (χ0) is 25.7. The number of nitrogens with one attached hydrogen (secondary N) is 1. The first kappa shape index (κ1) is 25.4. The molecule has 1 saturated heterocycles. The molecule has 0 bridgehead atoms. The summed E-state index contributed by atoms with van der Waals surface area (Å²) in [6.07, 6.45) is 8.41. The normalized spacial score (nSPS) is 27.4. The van der Waals surface area contributed by atoms with Crippen LogP contribution < -0.4 is 10.2 Å². The fraction of sp³-hybridized carbons (Fsp3) is 0.433. The quantitative estimate of drug-likeness (QED) is 0.421. The van der Waals surface area contributed by atoms with Crippen molar-refractivity contribution in [2.24, 2.45) is 11.3 Å². The molecule has 190 valence electrons. The standard InChI is InChI=1S/C30H34Cl2N2O2/c1-29(2,3)15-27-30(24(16-33-27)22-6-4-5-7-25(22)32)18-34(26-13-12-21(31)14-23(26)30)17-19-8-10-20(11-9-19)28(35)36/h4-6,8-14,24-25,27,33H,7,15-18H2,1-3H3,(H,35,36)/t24-,25?,27?,30-/m1/s1. The number of hydrogen-bond acceptors (Lipinski definition) is 3. The molecule has 0 amide bonds. The number of halogens is 2. The molecule has 4 nitrogen and oxygen atoms in total. The van der Waals surface area contributed by atoms with E-state index in [4.69, 9.17) is 23.2 Å². The molecule has 1 aliphatic carbocycles. The second-order valence-corrected chi connectivity index (χ2v) is 12.6. The van der Waals surface area contributed by atoms with Gasteiger partial charge in [0.2, 0.25) is 0 Å². The molecule has 0 aromatic heterocycles.